The second-order valence-corrected chi connectivity index (χ2v) is 11.7. The molecule has 1 aliphatic rings. The van der Waals surface area contributed by atoms with Crippen LogP contribution in [0.25, 0.3) is 0 Å². The number of sulfone groups is 1. The van der Waals surface area contributed by atoms with E-state index in [1.807, 2.05) is 4.72 Å². The van der Waals surface area contributed by atoms with Gasteiger partial charge in [0, 0.05) is 6.04 Å². The molecule has 0 amide bonds. The van der Waals surface area contributed by atoms with E-state index in [2.05, 4.69) is 0 Å². The van der Waals surface area contributed by atoms with Crippen molar-refractivity contribution in [2.45, 2.75) is 58.9 Å². The predicted molar refractivity (Wildman–Crippen MR) is 106 cm³/mol. The summed E-state index contributed by atoms with van der Waals surface area (Å²) in [5.74, 6) is 0. The van der Waals surface area contributed by atoms with Crippen LogP contribution in [0.15, 0.2) is 58.3 Å². The summed E-state index contributed by atoms with van der Waals surface area (Å²) in [5.41, 5.74) is -2.67. The maximum Gasteiger partial charge on any atom is 0.417 e. The van der Waals surface area contributed by atoms with Crippen LogP contribution in [0.3, 0.4) is 0 Å². The third kappa shape index (κ3) is 5.23. The van der Waals surface area contributed by atoms with E-state index in [1.54, 1.807) is 0 Å². The SMILES string of the molecule is O=S(=O)(NC1CCC(F)(S(=O)(=O)c2cccc(C(F)(F)F)c2)CC1)c1ccccc1C(F)(F)F. The fourth-order valence-corrected chi connectivity index (χ4v) is 6.97. The van der Waals surface area contributed by atoms with Gasteiger partial charge in [-0.05, 0) is 56.0 Å². The minimum absolute atomic E-state index is 0.319. The maximum atomic E-state index is 15.4. The molecular formula is C20H18F7NO4S2. The largest absolute Gasteiger partial charge is 0.417 e. The van der Waals surface area contributed by atoms with Gasteiger partial charge in [0.1, 0.15) is 0 Å². The van der Waals surface area contributed by atoms with Crippen LogP contribution in [0, 0.1) is 0 Å². The lowest BCUT2D eigenvalue weighted by atomic mass is 9.94. The van der Waals surface area contributed by atoms with Gasteiger partial charge in [-0.15, -0.1) is 0 Å². The molecule has 0 aliphatic heterocycles. The standard InChI is InChI=1S/C20H18F7NO4S2/c21-18(33(29,30)15-5-3-4-13(12-15)19(22,23)24)10-8-14(9-11-18)28-34(31,32)17-7-2-1-6-16(17)20(25,26)27/h1-7,12,14,28H,8-11H2. The summed E-state index contributed by atoms with van der Waals surface area (Å²) in [6, 6.07) is 4.98. The molecule has 5 nitrogen and oxygen atoms in total. The van der Waals surface area contributed by atoms with Crippen molar-refractivity contribution < 1.29 is 47.6 Å². The molecule has 0 atom stereocenters. The van der Waals surface area contributed by atoms with Crippen molar-refractivity contribution in [3.63, 3.8) is 0 Å². The Bertz CT molecular complexity index is 1260. The molecular weight excluding hydrogens is 515 g/mol. The first-order chi connectivity index (χ1) is 15.5. The average Bonchev–Trinajstić information content (AvgIpc) is 2.74. The zero-order valence-electron chi connectivity index (χ0n) is 17.1. The van der Waals surface area contributed by atoms with Gasteiger partial charge in [0.2, 0.25) is 24.9 Å². The molecule has 1 saturated carbocycles. The van der Waals surface area contributed by atoms with E-state index in [0.29, 0.717) is 18.2 Å². The number of benzene rings is 2. The molecule has 0 aromatic heterocycles. The Morgan fingerprint density at radius 3 is 1.97 bits per heavy atom. The van der Waals surface area contributed by atoms with Gasteiger partial charge in [-0.3, -0.25) is 0 Å². The van der Waals surface area contributed by atoms with Crippen LogP contribution >= 0.6 is 0 Å². The van der Waals surface area contributed by atoms with Crippen LogP contribution < -0.4 is 4.72 Å². The Hall–Kier alpha value is -2.19. The van der Waals surface area contributed by atoms with E-state index in [1.165, 1.54) is 0 Å². The highest BCUT2D eigenvalue weighted by molar-refractivity contribution is 7.92. The summed E-state index contributed by atoms with van der Waals surface area (Å²) in [4.78, 5) is -1.90. The van der Waals surface area contributed by atoms with Crippen LogP contribution in [-0.4, -0.2) is 27.9 Å². The van der Waals surface area contributed by atoms with Crippen LogP contribution in [0.4, 0.5) is 30.7 Å². The summed E-state index contributed by atoms with van der Waals surface area (Å²) in [7, 11) is -9.57. The van der Waals surface area contributed by atoms with E-state index >= 15 is 4.39 Å². The number of rotatable bonds is 5. The average molecular weight is 533 g/mol. The first-order valence-electron chi connectivity index (χ1n) is 9.77. The molecule has 34 heavy (non-hydrogen) atoms. The number of sulfonamides is 1. The first kappa shape index (κ1) is 26.4. The van der Waals surface area contributed by atoms with Gasteiger partial charge in [-0.1, -0.05) is 18.2 Å². The Labute approximate surface area is 190 Å². The van der Waals surface area contributed by atoms with Gasteiger partial charge in [0.05, 0.1) is 20.9 Å². The highest BCUT2D eigenvalue weighted by Crippen LogP contribution is 2.42. The lowest BCUT2D eigenvalue weighted by Gasteiger charge is -2.33. The second kappa shape index (κ2) is 8.79. The molecule has 0 unspecified atom stereocenters. The van der Waals surface area contributed by atoms with Crippen molar-refractivity contribution in [3.8, 4) is 0 Å². The van der Waals surface area contributed by atoms with Crippen molar-refractivity contribution in [3.05, 3.63) is 59.7 Å². The van der Waals surface area contributed by atoms with Gasteiger partial charge in [-0.2, -0.15) is 26.3 Å². The highest BCUT2D eigenvalue weighted by Gasteiger charge is 2.49. The normalized spacial score (nSPS) is 22.5. The van der Waals surface area contributed by atoms with Crippen molar-refractivity contribution in [1.29, 1.82) is 0 Å². The fourth-order valence-electron chi connectivity index (χ4n) is 3.70. The molecule has 188 valence electrons. The molecule has 1 N–H and O–H groups in total. The van der Waals surface area contributed by atoms with Gasteiger partial charge < -0.3 is 0 Å². The third-order valence-electron chi connectivity index (χ3n) is 5.49. The fraction of sp³-hybridized carbons (Fsp3) is 0.400. The summed E-state index contributed by atoms with van der Waals surface area (Å²) < 4.78 is 146. The van der Waals surface area contributed by atoms with Crippen LogP contribution in [0.5, 0.6) is 0 Å². The van der Waals surface area contributed by atoms with E-state index < -0.39 is 89.9 Å². The van der Waals surface area contributed by atoms with E-state index in [9.17, 15) is 43.2 Å². The first-order valence-corrected chi connectivity index (χ1v) is 12.7. The molecule has 1 fully saturated rings. The third-order valence-corrected chi connectivity index (χ3v) is 9.31. The molecule has 3 rings (SSSR count). The molecule has 0 bridgehead atoms. The lowest BCUT2D eigenvalue weighted by molar-refractivity contribution is -0.140. The highest BCUT2D eigenvalue weighted by atomic mass is 32.2. The zero-order chi connectivity index (χ0) is 25.6. The number of alkyl halides is 7. The summed E-state index contributed by atoms with van der Waals surface area (Å²) in [6.07, 6.45) is -12.1. The van der Waals surface area contributed by atoms with Gasteiger partial charge in [0.25, 0.3) is 0 Å². The molecule has 0 heterocycles. The molecule has 2 aromatic rings. The minimum atomic E-state index is -4.95. The topological polar surface area (TPSA) is 80.3 Å². The Kier molecular flexibility index (Phi) is 6.83. The second-order valence-electron chi connectivity index (χ2n) is 7.80. The van der Waals surface area contributed by atoms with Crippen LogP contribution in [0.2, 0.25) is 0 Å². The van der Waals surface area contributed by atoms with Gasteiger partial charge in [0.15, 0.2) is 0 Å². The summed E-state index contributed by atoms with van der Waals surface area (Å²) in [5, 5.41) is -2.97. The molecule has 0 spiro atoms. The maximum absolute atomic E-state index is 15.4. The van der Waals surface area contributed by atoms with Crippen LogP contribution in [0.1, 0.15) is 36.8 Å². The van der Waals surface area contributed by atoms with E-state index in [-0.39, 0.29) is 0 Å². The molecule has 14 heteroatoms. The Morgan fingerprint density at radius 2 is 1.41 bits per heavy atom. The smallest absolute Gasteiger partial charge is 0.226 e. The summed E-state index contributed by atoms with van der Waals surface area (Å²) >= 11 is 0. The van der Waals surface area contributed by atoms with Gasteiger partial charge >= 0.3 is 12.4 Å². The molecule has 0 radical (unpaired) electrons. The van der Waals surface area contributed by atoms with Crippen molar-refractivity contribution in [2.75, 3.05) is 0 Å². The predicted octanol–water partition coefficient (Wildman–Crippen LogP) is 5.08. The van der Waals surface area contributed by atoms with E-state index in [0.717, 1.165) is 30.3 Å². The van der Waals surface area contributed by atoms with Gasteiger partial charge in [-0.25, -0.2) is 25.9 Å². The molecule has 1 aliphatic carbocycles. The Morgan fingerprint density at radius 1 is 0.824 bits per heavy atom. The van der Waals surface area contributed by atoms with Crippen molar-refractivity contribution >= 4 is 19.9 Å². The number of nitrogens with one attached hydrogen (secondary N) is 1. The molecule has 0 saturated heterocycles. The Balaban J connectivity index is 1.79. The summed E-state index contributed by atoms with van der Waals surface area (Å²) in [6.45, 7) is 0. The number of halogens is 7. The number of hydrogen-bond donors (Lipinski definition) is 1. The molecule has 2 aromatic carbocycles. The lowest BCUT2D eigenvalue weighted by Crippen LogP contribution is -2.45. The quantitative estimate of drug-likeness (QED) is 0.544. The van der Waals surface area contributed by atoms with E-state index in [4.69, 9.17) is 0 Å². The van der Waals surface area contributed by atoms with Crippen molar-refractivity contribution in [2.24, 2.45) is 0 Å². The van der Waals surface area contributed by atoms with Crippen molar-refractivity contribution in [1.82, 2.24) is 4.72 Å². The zero-order valence-corrected chi connectivity index (χ0v) is 18.8. The minimum Gasteiger partial charge on any atom is -0.226 e. The monoisotopic (exact) mass is 533 g/mol. The van der Waals surface area contributed by atoms with Crippen LogP contribution in [-0.2, 0) is 32.2 Å². The number of hydrogen-bond acceptors (Lipinski definition) is 4.